The molecular weight excluding hydrogens is 284 g/mol. The highest BCUT2D eigenvalue weighted by Gasteiger charge is 2.25. The third-order valence-electron chi connectivity index (χ3n) is 3.99. The van der Waals surface area contributed by atoms with Gasteiger partial charge in [0.05, 0.1) is 10.7 Å². The van der Waals surface area contributed by atoms with Crippen molar-refractivity contribution in [3.63, 3.8) is 0 Å². The molecule has 21 heavy (non-hydrogen) atoms. The highest BCUT2D eigenvalue weighted by atomic mass is 32.1. The Hall–Kier alpha value is -1.27. The van der Waals surface area contributed by atoms with Gasteiger partial charge in [-0.3, -0.25) is 4.79 Å². The molecular formula is C15H26N4OS. The lowest BCUT2D eigenvalue weighted by Crippen LogP contribution is -2.32. The van der Waals surface area contributed by atoms with Crippen molar-refractivity contribution in [2.75, 3.05) is 31.2 Å². The van der Waals surface area contributed by atoms with Crippen LogP contribution in [-0.4, -0.2) is 43.0 Å². The lowest BCUT2D eigenvalue weighted by molar-refractivity contribution is 0.0956. The number of nitrogen functional groups attached to an aromatic ring is 1. The lowest BCUT2D eigenvalue weighted by atomic mass is 10.2. The zero-order valence-electron chi connectivity index (χ0n) is 13.1. The summed E-state index contributed by atoms with van der Waals surface area (Å²) in [5.74, 6) is -0.0372. The quantitative estimate of drug-likeness (QED) is 0.689. The molecule has 1 amide bonds. The van der Waals surface area contributed by atoms with Crippen LogP contribution in [0.2, 0.25) is 0 Å². The van der Waals surface area contributed by atoms with E-state index < -0.39 is 0 Å². The zero-order valence-corrected chi connectivity index (χ0v) is 13.9. The van der Waals surface area contributed by atoms with Crippen molar-refractivity contribution in [3.8, 4) is 0 Å². The highest BCUT2D eigenvalue weighted by molar-refractivity contribution is 7.18. The second-order valence-corrected chi connectivity index (χ2v) is 6.86. The topological polar surface area (TPSA) is 70.4 Å². The van der Waals surface area contributed by atoms with Gasteiger partial charge in [-0.25, -0.2) is 0 Å². The number of nitrogens with zero attached hydrogens (tertiary/aromatic N) is 1. The van der Waals surface area contributed by atoms with Crippen LogP contribution in [0.3, 0.4) is 0 Å². The molecule has 118 valence electrons. The zero-order chi connectivity index (χ0) is 15.4. The van der Waals surface area contributed by atoms with Crippen LogP contribution in [0, 0.1) is 0 Å². The van der Waals surface area contributed by atoms with E-state index in [1.807, 2.05) is 6.07 Å². The smallest absolute Gasteiger partial charge is 0.263 e. The molecule has 1 saturated carbocycles. The van der Waals surface area contributed by atoms with Gasteiger partial charge in [0.1, 0.15) is 4.88 Å². The number of likely N-dealkylation sites (N-methyl/N-ethyl adjacent to an activating group) is 1. The van der Waals surface area contributed by atoms with Crippen LogP contribution >= 0.6 is 11.3 Å². The first-order valence-corrected chi connectivity index (χ1v) is 8.47. The molecule has 0 spiro atoms. The standard InChI is InChI=1S/C15H26N4OS/c1-4-10(2)19(3)8-7-17-13-9-12(16)14(21-13)15(20)18-11-5-6-11/h9-11,17H,4-8,16H2,1-3H3,(H,18,20). The molecule has 1 aromatic rings. The van der Waals surface area contributed by atoms with Gasteiger partial charge >= 0.3 is 0 Å². The van der Waals surface area contributed by atoms with E-state index in [4.69, 9.17) is 5.73 Å². The van der Waals surface area contributed by atoms with Crippen molar-refractivity contribution < 1.29 is 4.79 Å². The fourth-order valence-corrected chi connectivity index (χ4v) is 2.94. The molecule has 1 fully saturated rings. The average molecular weight is 310 g/mol. The Bertz CT molecular complexity index is 484. The van der Waals surface area contributed by atoms with E-state index in [2.05, 4.69) is 36.4 Å². The number of hydrogen-bond acceptors (Lipinski definition) is 5. The number of carbonyl (C=O) groups is 1. The van der Waals surface area contributed by atoms with Gasteiger partial charge < -0.3 is 21.3 Å². The Morgan fingerprint density at radius 1 is 1.57 bits per heavy atom. The van der Waals surface area contributed by atoms with Crippen molar-refractivity contribution in [2.45, 2.75) is 45.2 Å². The van der Waals surface area contributed by atoms with Gasteiger partial charge in [-0.2, -0.15) is 0 Å². The molecule has 5 nitrogen and oxygen atoms in total. The summed E-state index contributed by atoms with van der Waals surface area (Å²) in [4.78, 5) is 15.0. The van der Waals surface area contributed by atoms with Crippen LogP contribution in [0.15, 0.2) is 6.07 Å². The van der Waals surface area contributed by atoms with Crippen molar-refractivity contribution in [1.82, 2.24) is 10.2 Å². The van der Waals surface area contributed by atoms with Crippen LogP contribution in [0.5, 0.6) is 0 Å². The average Bonchev–Trinajstić information content (AvgIpc) is 3.19. The molecule has 0 aliphatic heterocycles. The molecule has 0 saturated heterocycles. The molecule has 0 bridgehead atoms. The van der Waals surface area contributed by atoms with E-state index in [1.54, 1.807) is 0 Å². The number of hydrogen-bond donors (Lipinski definition) is 3. The van der Waals surface area contributed by atoms with Crippen LogP contribution < -0.4 is 16.4 Å². The van der Waals surface area contributed by atoms with E-state index in [0.29, 0.717) is 22.6 Å². The predicted octanol–water partition coefficient (Wildman–Crippen LogP) is 2.36. The molecule has 1 atom stereocenters. The first kappa shape index (κ1) is 16.1. The summed E-state index contributed by atoms with van der Waals surface area (Å²) in [6, 6.07) is 2.80. The lowest BCUT2D eigenvalue weighted by Gasteiger charge is -2.23. The Labute approximate surface area is 130 Å². The van der Waals surface area contributed by atoms with E-state index in [-0.39, 0.29) is 5.91 Å². The number of anilines is 2. The summed E-state index contributed by atoms with van der Waals surface area (Å²) in [6.07, 6.45) is 3.32. The van der Waals surface area contributed by atoms with Crippen molar-refractivity contribution in [3.05, 3.63) is 10.9 Å². The summed E-state index contributed by atoms with van der Waals surface area (Å²) in [5, 5.41) is 7.30. The third kappa shape index (κ3) is 4.61. The minimum absolute atomic E-state index is 0.0372. The number of rotatable bonds is 8. The largest absolute Gasteiger partial charge is 0.397 e. The maximum absolute atomic E-state index is 12.0. The number of carbonyl (C=O) groups excluding carboxylic acids is 1. The molecule has 1 aliphatic rings. The SMILES string of the molecule is CCC(C)N(C)CCNc1cc(N)c(C(=O)NC2CC2)s1. The first-order valence-electron chi connectivity index (χ1n) is 7.65. The first-order chi connectivity index (χ1) is 10.0. The van der Waals surface area contributed by atoms with E-state index in [1.165, 1.54) is 11.3 Å². The summed E-state index contributed by atoms with van der Waals surface area (Å²) >= 11 is 1.44. The predicted molar refractivity (Wildman–Crippen MR) is 90.1 cm³/mol. The second kappa shape index (κ2) is 7.13. The molecule has 4 N–H and O–H groups in total. The second-order valence-electron chi connectivity index (χ2n) is 5.81. The van der Waals surface area contributed by atoms with Gasteiger partial charge in [0.15, 0.2) is 0 Å². The summed E-state index contributed by atoms with van der Waals surface area (Å²) in [5.41, 5.74) is 6.50. The Morgan fingerprint density at radius 2 is 2.29 bits per heavy atom. The fourth-order valence-electron chi connectivity index (χ4n) is 2.04. The van der Waals surface area contributed by atoms with Gasteiger partial charge in [0.2, 0.25) is 0 Å². The Balaban J connectivity index is 1.82. The summed E-state index contributed by atoms with van der Waals surface area (Å²) in [6.45, 7) is 6.24. The van der Waals surface area contributed by atoms with Crippen molar-refractivity contribution >= 4 is 27.9 Å². The molecule has 1 aliphatic carbocycles. The van der Waals surface area contributed by atoms with Crippen molar-refractivity contribution in [1.29, 1.82) is 0 Å². The van der Waals surface area contributed by atoms with Gasteiger partial charge in [-0.1, -0.05) is 6.92 Å². The molecule has 0 radical (unpaired) electrons. The normalized spacial score (nSPS) is 16.0. The molecule has 1 unspecified atom stereocenters. The van der Waals surface area contributed by atoms with Crippen LogP contribution in [-0.2, 0) is 0 Å². The third-order valence-corrected chi connectivity index (χ3v) is 5.09. The summed E-state index contributed by atoms with van der Waals surface area (Å²) in [7, 11) is 2.13. The maximum atomic E-state index is 12.0. The molecule has 0 aromatic carbocycles. The fraction of sp³-hybridized carbons (Fsp3) is 0.667. The van der Waals surface area contributed by atoms with Crippen LogP contribution in [0.25, 0.3) is 0 Å². The number of nitrogens with one attached hydrogen (secondary N) is 2. The summed E-state index contributed by atoms with van der Waals surface area (Å²) < 4.78 is 0. The van der Waals surface area contributed by atoms with Crippen molar-refractivity contribution in [2.24, 2.45) is 0 Å². The Kier molecular flexibility index (Phi) is 5.47. The van der Waals surface area contributed by atoms with Gasteiger partial charge in [0.25, 0.3) is 5.91 Å². The van der Waals surface area contributed by atoms with E-state index in [0.717, 1.165) is 37.4 Å². The molecule has 1 heterocycles. The number of thiophene rings is 1. The molecule has 2 rings (SSSR count). The number of amides is 1. The Morgan fingerprint density at radius 3 is 2.90 bits per heavy atom. The molecule has 6 heteroatoms. The highest BCUT2D eigenvalue weighted by Crippen LogP contribution is 2.30. The monoisotopic (exact) mass is 310 g/mol. The van der Waals surface area contributed by atoms with Crippen LogP contribution in [0.1, 0.15) is 42.8 Å². The van der Waals surface area contributed by atoms with Gasteiger partial charge in [-0.15, -0.1) is 11.3 Å². The van der Waals surface area contributed by atoms with Crippen LogP contribution in [0.4, 0.5) is 10.7 Å². The maximum Gasteiger partial charge on any atom is 0.263 e. The van der Waals surface area contributed by atoms with E-state index >= 15 is 0 Å². The molecule has 1 aromatic heterocycles. The van der Waals surface area contributed by atoms with Gasteiger partial charge in [0, 0.05) is 25.2 Å². The minimum Gasteiger partial charge on any atom is -0.397 e. The van der Waals surface area contributed by atoms with Gasteiger partial charge in [-0.05, 0) is 39.3 Å². The van der Waals surface area contributed by atoms with E-state index in [9.17, 15) is 4.79 Å². The number of nitrogens with two attached hydrogens (primary N) is 1. The minimum atomic E-state index is -0.0372.